The van der Waals surface area contributed by atoms with Gasteiger partial charge in [-0.05, 0) is 18.2 Å². The molecule has 0 bridgehead atoms. The van der Waals surface area contributed by atoms with E-state index in [1.165, 1.54) is 19.4 Å². The van der Waals surface area contributed by atoms with Gasteiger partial charge in [0.15, 0.2) is 12.5 Å². The van der Waals surface area contributed by atoms with Crippen molar-refractivity contribution in [1.82, 2.24) is 9.55 Å². The highest BCUT2D eigenvalue weighted by molar-refractivity contribution is 6.32. The van der Waals surface area contributed by atoms with Crippen molar-refractivity contribution in [2.75, 3.05) is 13.9 Å². The number of hydrogen-bond donors (Lipinski definition) is 2. The number of methoxy groups -OCH3 is 1. The van der Waals surface area contributed by atoms with Crippen molar-refractivity contribution < 1.29 is 32.9 Å². The maximum Gasteiger partial charge on any atom is 0.264 e. The molecule has 0 unspecified atom stereocenters. The van der Waals surface area contributed by atoms with Crippen LogP contribution in [0.2, 0.25) is 5.02 Å². The smallest absolute Gasteiger partial charge is 0.264 e. The fourth-order valence-corrected chi connectivity index (χ4v) is 3.21. The molecule has 0 aliphatic carbocycles. The molecule has 0 spiro atoms. The van der Waals surface area contributed by atoms with Crippen LogP contribution < -0.4 is 15.0 Å². The summed E-state index contributed by atoms with van der Waals surface area (Å²) < 4.78 is 51.7. The number of rotatable bonds is 6. The van der Waals surface area contributed by atoms with Gasteiger partial charge in [0, 0.05) is 6.20 Å². The van der Waals surface area contributed by atoms with Crippen LogP contribution in [0.15, 0.2) is 29.2 Å². The molecular weight excluding hydrogens is 417 g/mol. The van der Waals surface area contributed by atoms with Crippen molar-refractivity contribution in [2.45, 2.75) is 13.0 Å². The largest absolute Gasteiger partial charge is 0.506 e. The molecule has 29 heavy (non-hydrogen) atoms. The number of aromatic hydroxyl groups is 1. The molecule has 11 heteroatoms. The van der Waals surface area contributed by atoms with E-state index in [4.69, 9.17) is 26.2 Å². The van der Waals surface area contributed by atoms with Crippen LogP contribution in [0.5, 0.6) is 17.2 Å². The summed E-state index contributed by atoms with van der Waals surface area (Å²) in [5.41, 5.74) is -2.71. The van der Waals surface area contributed by atoms with Gasteiger partial charge in [-0.15, -0.1) is 0 Å². The molecule has 3 rings (SSSR count). The van der Waals surface area contributed by atoms with Gasteiger partial charge in [0.25, 0.3) is 12.0 Å². The van der Waals surface area contributed by atoms with Gasteiger partial charge in [-0.3, -0.25) is 9.36 Å². The minimum Gasteiger partial charge on any atom is -0.506 e. The minimum absolute atomic E-state index is 0.0174. The van der Waals surface area contributed by atoms with Gasteiger partial charge in [-0.25, -0.2) is 18.2 Å². The normalized spacial score (nSPS) is 11.3. The number of alkyl halides is 2. The molecule has 0 radical (unpaired) electrons. The van der Waals surface area contributed by atoms with Crippen LogP contribution in [0.1, 0.15) is 0 Å². The zero-order valence-electron chi connectivity index (χ0n) is 14.8. The van der Waals surface area contributed by atoms with E-state index in [1.54, 1.807) is 0 Å². The van der Waals surface area contributed by atoms with Gasteiger partial charge in [-0.1, -0.05) is 11.6 Å². The number of aliphatic hydroxyl groups excluding tert-OH is 1. The Morgan fingerprint density at radius 2 is 2.00 bits per heavy atom. The number of pyridine rings is 2. The summed E-state index contributed by atoms with van der Waals surface area (Å²) in [7, 11) is 1.26. The lowest BCUT2D eigenvalue weighted by Gasteiger charge is -2.18. The first-order chi connectivity index (χ1) is 13.8. The third kappa shape index (κ3) is 3.56. The van der Waals surface area contributed by atoms with Gasteiger partial charge < -0.3 is 19.7 Å². The summed E-state index contributed by atoms with van der Waals surface area (Å²) in [5.74, 6) is -2.21. The van der Waals surface area contributed by atoms with Gasteiger partial charge in [0.2, 0.25) is 0 Å². The van der Waals surface area contributed by atoms with Crippen LogP contribution in [-0.2, 0) is 6.54 Å². The lowest BCUT2D eigenvalue weighted by molar-refractivity contribution is 0.0988. The average molecular weight is 431 g/mol. The SMILES string of the molecule is COc1ccnc2c1c(O)c(-c1c(F)ccc(Cl)c1OCO)c(=O)n2CC(F)F. The maximum absolute atomic E-state index is 14.7. The van der Waals surface area contributed by atoms with E-state index < -0.39 is 53.8 Å². The van der Waals surface area contributed by atoms with Crippen LogP contribution in [0.4, 0.5) is 13.2 Å². The molecule has 3 aromatic rings. The average Bonchev–Trinajstić information content (AvgIpc) is 2.69. The first-order valence-corrected chi connectivity index (χ1v) is 8.48. The van der Waals surface area contributed by atoms with Crippen molar-refractivity contribution in [3.63, 3.8) is 0 Å². The summed E-state index contributed by atoms with van der Waals surface area (Å²) in [6, 6.07) is 3.36. The van der Waals surface area contributed by atoms with Gasteiger partial charge in [0.05, 0.1) is 29.8 Å². The Bertz CT molecular complexity index is 1140. The second-order valence-corrected chi connectivity index (χ2v) is 6.16. The Labute approximate surface area is 166 Å². The monoisotopic (exact) mass is 430 g/mol. The highest BCUT2D eigenvalue weighted by atomic mass is 35.5. The van der Waals surface area contributed by atoms with Gasteiger partial charge in [-0.2, -0.15) is 0 Å². The molecule has 0 saturated heterocycles. The van der Waals surface area contributed by atoms with Crippen LogP contribution in [-0.4, -0.2) is 40.1 Å². The van der Waals surface area contributed by atoms with Crippen molar-refractivity contribution in [3.8, 4) is 28.4 Å². The summed E-state index contributed by atoms with van der Waals surface area (Å²) in [6.45, 7) is -1.98. The minimum atomic E-state index is -2.95. The van der Waals surface area contributed by atoms with Crippen molar-refractivity contribution in [1.29, 1.82) is 0 Å². The Morgan fingerprint density at radius 3 is 2.62 bits per heavy atom. The number of hydrogen-bond acceptors (Lipinski definition) is 6. The van der Waals surface area contributed by atoms with Crippen molar-refractivity contribution >= 4 is 22.6 Å². The Morgan fingerprint density at radius 1 is 1.28 bits per heavy atom. The van der Waals surface area contributed by atoms with Crippen molar-refractivity contribution in [3.05, 3.63) is 45.6 Å². The number of halogens is 4. The quantitative estimate of drug-likeness (QED) is 0.583. The number of nitrogens with zero attached hydrogens (tertiary/aromatic N) is 2. The second-order valence-electron chi connectivity index (χ2n) is 5.75. The molecule has 0 fully saturated rings. The van der Waals surface area contributed by atoms with Crippen LogP contribution >= 0.6 is 11.6 Å². The predicted molar refractivity (Wildman–Crippen MR) is 98.3 cm³/mol. The topological polar surface area (TPSA) is 93.8 Å². The van der Waals surface area contributed by atoms with E-state index >= 15 is 0 Å². The molecule has 0 amide bonds. The molecule has 0 atom stereocenters. The molecule has 0 saturated carbocycles. The highest BCUT2D eigenvalue weighted by Gasteiger charge is 2.28. The highest BCUT2D eigenvalue weighted by Crippen LogP contribution is 2.44. The van der Waals surface area contributed by atoms with E-state index in [2.05, 4.69) is 4.98 Å². The second kappa shape index (κ2) is 8.18. The molecule has 1 aromatic carbocycles. The third-order valence-corrected chi connectivity index (χ3v) is 4.44. The van der Waals surface area contributed by atoms with E-state index in [9.17, 15) is 23.1 Å². The van der Waals surface area contributed by atoms with Crippen LogP contribution in [0.3, 0.4) is 0 Å². The molecule has 7 nitrogen and oxygen atoms in total. The predicted octanol–water partition coefficient (Wildman–Crippen LogP) is 3.16. The first-order valence-electron chi connectivity index (χ1n) is 8.10. The number of ether oxygens (including phenoxy) is 2. The zero-order valence-corrected chi connectivity index (χ0v) is 15.6. The van der Waals surface area contributed by atoms with E-state index in [0.29, 0.717) is 4.57 Å². The molecule has 2 heterocycles. The van der Waals surface area contributed by atoms with Crippen molar-refractivity contribution in [2.24, 2.45) is 0 Å². The third-order valence-electron chi connectivity index (χ3n) is 4.14. The zero-order chi connectivity index (χ0) is 21.3. The van der Waals surface area contributed by atoms with E-state index in [0.717, 1.165) is 12.1 Å². The number of aliphatic hydroxyl groups is 1. The Kier molecular flexibility index (Phi) is 5.85. The summed E-state index contributed by atoms with van der Waals surface area (Å²) in [6.07, 6.45) is -1.74. The van der Waals surface area contributed by atoms with Crippen LogP contribution in [0.25, 0.3) is 22.2 Å². The molecule has 0 aliphatic rings. The summed E-state index contributed by atoms with van der Waals surface area (Å²) >= 11 is 5.99. The fourth-order valence-electron chi connectivity index (χ4n) is 2.99. The number of aromatic nitrogens is 2. The standard InChI is InChI=1S/C18H14ClF3N2O5/c1-28-10-4-5-23-17-13(10)15(26)14(18(27)24(17)6-11(21)22)12-9(20)3-2-8(19)16(12)29-7-25/h2-5,11,25-26H,6-7H2,1H3. The maximum atomic E-state index is 14.7. The van der Waals surface area contributed by atoms with E-state index in [-0.39, 0.29) is 21.8 Å². The molecular formula is C18H14ClF3N2O5. The number of benzene rings is 1. The van der Waals surface area contributed by atoms with E-state index in [1.807, 2.05) is 0 Å². The molecule has 2 N–H and O–H groups in total. The molecule has 0 aliphatic heterocycles. The lowest BCUT2D eigenvalue weighted by atomic mass is 10.0. The molecule has 154 valence electrons. The van der Waals surface area contributed by atoms with Crippen LogP contribution in [0, 0.1) is 5.82 Å². The molecule has 2 aromatic heterocycles. The summed E-state index contributed by atoms with van der Waals surface area (Å²) in [5, 5.41) is 19.6. The Balaban J connectivity index is 2.54. The van der Waals surface area contributed by atoms with Gasteiger partial charge in [0.1, 0.15) is 28.3 Å². The summed E-state index contributed by atoms with van der Waals surface area (Å²) in [4.78, 5) is 16.9. The fraction of sp³-hybridized carbons (Fsp3) is 0.222. The first kappa shape index (κ1) is 20.7. The Hall–Kier alpha value is -2.98. The van der Waals surface area contributed by atoms with Gasteiger partial charge >= 0.3 is 0 Å². The lowest BCUT2D eigenvalue weighted by Crippen LogP contribution is -2.26. The number of fused-ring (bicyclic) bond motifs is 1.